The molecule has 0 radical (unpaired) electrons. The van der Waals surface area contributed by atoms with Crippen LogP contribution in [0.1, 0.15) is 63.9 Å². The number of ether oxygens (including phenoxy) is 1. The number of unbranched alkanes of at least 4 members (excludes halogenated alkanes) is 7. The van der Waals surface area contributed by atoms with Crippen LogP contribution in [0.15, 0.2) is 47.4 Å². The molecule has 0 bridgehead atoms. The summed E-state index contributed by atoms with van der Waals surface area (Å²) in [6, 6.07) is 10.9. The van der Waals surface area contributed by atoms with Crippen molar-refractivity contribution in [2.24, 2.45) is 0 Å². The molecule has 0 aromatic heterocycles. The van der Waals surface area contributed by atoms with E-state index in [9.17, 15) is 13.5 Å². The zero-order valence-corrected chi connectivity index (χ0v) is 20.2. The van der Waals surface area contributed by atoms with Crippen LogP contribution >= 0.6 is 0 Å². The van der Waals surface area contributed by atoms with Gasteiger partial charge in [0.1, 0.15) is 11.5 Å². The number of para-hydroxylation sites is 1. The molecule has 0 spiro atoms. The van der Waals surface area contributed by atoms with E-state index >= 15 is 0 Å². The molecule has 0 amide bonds. The fourth-order valence-electron chi connectivity index (χ4n) is 3.11. The van der Waals surface area contributed by atoms with Gasteiger partial charge in [-0.15, -0.1) is 0 Å². The van der Waals surface area contributed by atoms with E-state index in [0.717, 1.165) is 37.0 Å². The molecule has 0 atom stereocenters. The molecular weight excluding hydrogens is 399 g/mol. The second kappa shape index (κ2) is 13.3. The number of benzene rings is 2. The average Bonchev–Trinajstić information content (AvgIpc) is 2.66. The third-order valence-electron chi connectivity index (χ3n) is 4.71. The summed E-state index contributed by atoms with van der Waals surface area (Å²) in [5.74, 6) is 0.0509. The van der Waals surface area contributed by atoms with Gasteiger partial charge >= 0.3 is 29.6 Å². The van der Waals surface area contributed by atoms with Gasteiger partial charge in [-0.25, -0.2) is 0 Å². The van der Waals surface area contributed by atoms with Gasteiger partial charge < -0.3 is 9.84 Å². The molecule has 0 aliphatic rings. The quantitative estimate of drug-likeness (QED) is 0.319. The van der Waals surface area contributed by atoms with Crippen molar-refractivity contribution in [2.75, 3.05) is 0 Å². The standard InChI is InChI=1S/C22H30O5S.Na/c1-2-3-4-5-6-7-8-9-12-18-13-10-11-14-21(18)27-22-16-15-19(17-20(22)23)28(24,25)26;/h10-11,13-17,23H,2-9,12H2,1H3,(H,24,25,26);/q;+1/p-1. The van der Waals surface area contributed by atoms with E-state index in [0.29, 0.717) is 5.75 Å². The van der Waals surface area contributed by atoms with E-state index in [-0.39, 0.29) is 35.3 Å². The van der Waals surface area contributed by atoms with Crippen LogP contribution in [0, 0.1) is 0 Å². The topological polar surface area (TPSA) is 86.7 Å². The summed E-state index contributed by atoms with van der Waals surface area (Å²) >= 11 is 0. The smallest absolute Gasteiger partial charge is 0.870 e. The first-order valence-corrected chi connectivity index (χ1v) is 11.4. The zero-order chi connectivity index (χ0) is 20.4. The Labute approximate surface area is 196 Å². The third kappa shape index (κ3) is 9.09. The molecule has 0 heterocycles. The van der Waals surface area contributed by atoms with Crippen LogP contribution in [0.3, 0.4) is 0 Å². The predicted octanol–water partition coefficient (Wildman–Crippen LogP) is 2.49. The molecule has 154 valence electrons. The van der Waals surface area contributed by atoms with Gasteiger partial charge in [-0.3, -0.25) is 4.55 Å². The normalized spacial score (nSPS) is 11.1. The molecule has 0 unspecified atom stereocenters. The molecule has 0 aliphatic carbocycles. The fourth-order valence-corrected chi connectivity index (χ4v) is 3.61. The van der Waals surface area contributed by atoms with Crippen molar-refractivity contribution in [1.82, 2.24) is 0 Å². The molecule has 2 aromatic rings. The average molecular weight is 429 g/mol. The van der Waals surface area contributed by atoms with E-state index in [4.69, 9.17) is 9.29 Å². The first-order chi connectivity index (χ1) is 13.4. The van der Waals surface area contributed by atoms with Crippen molar-refractivity contribution in [3.8, 4) is 17.2 Å². The largest absolute Gasteiger partial charge is 1.00 e. The van der Waals surface area contributed by atoms with E-state index < -0.39 is 20.8 Å². The van der Waals surface area contributed by atoms with Crippen LogP contribution in [-0.4, -0.2) is 13.0 Å². The first-order valence-electron chi connectivity index (χ1n) is 9.96. The molecule has 2 aromatic carbocycles. The minimum Gasteiger partial charge on any atom is -0.870 e. The number of hydrogen-bond acceptors (Lipinski definition) is 4. The van der Waals surface area contributed by atoms with E-state index in [1.807, 2.05) is 18.2 Å². The summed E-state index contributed by atoms with van der Waals surface area (Å²) in [6.07, 6.45) is 10.8. The Kier molecular flexibility index (Phi) is 11.9. The minimum atomic E-state index is -4.40. The molecule has 0 aliphatic heterocycles. The first kappa shape index (κ1) is 26.0. The maximum atomic E-state index is 12.1. The summed E-state index contributed by atoms with van der Waals surface area (Å²) in [5, 5.41) is 12.1. The number of aryl methyl sites for hydroxylation is 1. The molecule has 2 rings (SSSR count). The van der Waals surface area contributed by atoms with Gasteiger partial charge in [0.2, 0.25) is 0 Å². The van der Waals surface area contributed by atoms with Crippen LogP contribution in [0.4, 0.5) is 0 Å². The molecule has 7 heteroatoms. The van der Waals surface area contributed by atoms with Crippen molar-refractivity contribution in [1.29, 1.82) is 0 Å². The molecule has 29 heavy (non-hydrogen) atoms. The van der Waals surface area contributed by atoms with E-state index in [2.05, 4.69) is 6.92 Å². The van der Waals surface area contributed by atoms with Gasteiger partial charge in [-0.2, -0.15) is 8.42 Å². The van der Waals surface area contributed by atoms with E-state index in [1.54, 1.807) is 6.07 Å². The SMILES string of the molecule is CCCCCCCCCCc1ccccc1Oc1ccc(S(=O)(=O)O)cc1[O-].[Na+]. The maximum Gasteiger partial charge on any atom is 1.00 e. The molecule has 0 saturated heterocycles. The van der Waals surface area contributed by atoms with Gasteiger partial charge in [-0.1, -0.05) is 75.8 Å². The van der Waals surface area contributed by atoms with Crippen LogP contribution in [0.2, 0.25) is 0 Å². The summed E-state index contributed by atoms with van der Waals surface area (Å²) in [6.45, 7) is 2.22. The second-order valence-electron chi connectivity index (χ2n) is 7.02. The van der Waals surface area contributed by atoms with Gasteiger partial charge in [-0.05, 0) is 42.7 Å². The van der Waals surface area contributed by atoms with Crippen LogP contribution in [-0.2, 0) is 16.5 Å². The van der Waals surface area contributed by atoms with Gasteiger partial charge in [0.25, 0.3) is 10.1 Å². The Morgan fingerprint density at radius 3 is 2.14 bits per heavy atom. The molecule has 0 fully saturated rings. The van der Waals surface area contributed by atoms with E-state index in [1.165, 1.54) is 44.6 Å². The summed E-state index contributed by atoms with van der Waals surface area (Å²) in [4.78, 5) is -0.433. The van der Waals surface area contributed by atoms with Crippen molar-refractivity contribution in [3.63, 3.8) is 0 Å². The molecule has 0 saturated carbocycles. The number of rotatable bonds is 12. The van der Waals surface area contributed by atoms with Crippen LogP contribution < -0.4 is 39.4 Å². The fraction of sp³-hybridized carbons (Fsp3) is 0.455. The Hall–Kier alpha value is -1.05. The summed E-state index contributed by atoms with van der Waals surface area (Å²) in [5.41, 5.74) is 1.02. The Morgan fingerprint density at radius 2 is 1.52 bits per heavy atom. The Morgan fingerprint density at radius 1 is 0.897 bits per heavy atom. The summed E-state index contributed by atoms with van der Waals surface area (Å²) < 4.78 is 37.0. The van der Waals surface area contributed by atoms with Crippen molar-refractivity contribution in [3.05, 3.63) is 48.0 Å². The monoisotopic (exact) mass is 428 g/mol. The van der Waals surface area contributed by atoms with Crippen molar-refractivity contribution >= 4 is 10.1 Å². The maximum absolute atomic E-state index is 12.1. The Balaban J connectivity index is 0.00000420. The summed E-state index contributed by atoms with van der Waals surface area (Å²) in [7, 11) is -4.40. The van der Waals surface area contributed by atoms with Crippen LogP contribution in [0.25, 0.3) is 0 Å². The minimum absolute atomic E-state index is 0. The molecular formula is C22H29NaO5S. The zero-order valence-electron chi connectivity index (χ0n) is 17.4. The second-order valence-corrected chi connectivity index (χ2v) is 8.44. The van der Waals surface area contributed by atoms with Crippen molar-refractivity contribution in [2.45, 2.75) is 69.6 Å². The van der Waals surface area contributed by atoms with Gasteiger partial charge in [0.05, 0.1) is 4.90 Å². The molecule has 5 nitrogen and oxygen atoms in total. The predicted molar refractivity (Wildman–Crippen MR) is 109 cm³/mol. The number of hydrogen-bond donors (Lipinski definition) is 1. The Bertz CT molecular complexity index is 852. The molecule has 1 N–H and O–H groups in total. The van der Waals surface area contributed by atoms with Crippen LogP contribution in [0.5, 0.6) is 17.2 Å². The van der Waals surface area contributed by atoms with Gasteiger partial charge in [0, 0.05) is 0 Å². The third-order valence-corrected chi connectivity index (χ3v) is 5.55. The van der Waals surface area contributed by atoms with Gasteiger partial charge in [0.15, 0.2) is 0 Å². The van der Waals surface area contributed by atoms with Crippen molar-refractivity contribution < 1.29 is 52.4 Å².